The second kappa shape index (κ2) is 10.0. The Morgan fingerprint density at radius 2 is 1.69 bits per heavy atom. The van der Waals surface area contributed by atoms with E-state index in [1.165, 1.54) is 0 Å². The number of quaternary nitrogens is 1. The van der Waals surface area contributed by atoms with Crippen LogP contribution in [0.25, 0.3) is 0 Å². The largest absolute Gasteiger partial charge is 0.484 e. The highest BCUT2D eigenvalue weighted by Crippen LogP contribution is 2.19. The van der Waals surface area contributed by atoms with E-state index in [1.807, 2.05) is 36.5 Å². The predicted octanol–water partition coefficient (Wildman–Crippen LogP) is 1.84. The van der Waals surface area contributed by atoms with E-state index in [2.05, 4.69) is 10.9 Å². The molecule has 1 atom stereocenters. The summed E-state index contributed by atoms with van der Waals surface area (Å²) < 4.78 is 5.28. The Morgan fingerprint density at radius 3 is 2.38 bits per heavy atom. The summed E-state index contributed by atoms with van der Waals surface area (Å²) in [4.78, 5) is 23.5. The molecule has 0 saturated carbocycles. The van der Waals surface area contributed by atoms with Gasteiger partial charge in [0.15, 0.2) is 13.2 Å². The van der Waals surface area contributed by atoms with E-state index in [1.54, 1.807) is 24.3 Å². The van der Waals surface area contributed by atoms with Crippen molar-refractivity contribution < 1.29 is 19.6 Å². The van der Waals surface area contributed by atoms with Gasteiger partial charge in [-0.2, -0.15) is 0 Å². The van der Waals surface area contributed by atoms with Crippen molar-refractivity contribution >= 4 is 35.0 Å². The molecule has 0 aliphatic carbocycles. The number of halogens is 2. The molecule has 0 unspecified atom stereocenters. The zero-order valence-corrected chi connectivity index (χ0v) is 15.7. The summed E-state index contributed by atoms with van der Waals surface area (Å²) in [6.07, 6.45) is 0. The maximum absolute atomic E-state index is 11.8. The number of ether oxygens (including phenoxy) is 1. The van der Waals surface area contributed by atoms with Gasteiger partial charge in [0.2, 0.25) is 0 Å². The van der Waals surface area contributed by atoms with Crippen molar-refractivity contribution in [3.8, 4) is 5.75 Å². The van der Waals surface area contributed by atoms with E-state index < -0.39 is 5.91 Å². The first-order valence-corrected chi connectivity index (χ1v) is 8.75. The van der Waals surface area contributed by atoms with Gasteiger partial charge in [0.05, 0.1) is 0 Å². The van der Waals surface area contributed by atoms with Crippen LogP contribution in [-0.2, 0) is 9.59 Å². The SMILES string of the molecule is C[C@@H]([NH2+]CC(=O)NNC(=O)COc1ccc(Cl)cc1)c1ccccc1Cl. The summed E-state index contributed by atoms with van der Waals surface area (Å²) >= 11 is 11.9. The molecule has 0 aromatic heterocycles. The molecule has 0 aliphatic heterocycles. The molecule has 138 valence electrons. The lowest BCUT2D eigenvalue weighted by Crippen LogP contribution is -2.87. The maximum atomic E-state index is 11.8. The van der Waals surface area contributed by atoms with Crippen LogP contribution in [0.4, 0.5) is 0 Å². The fourth-order valence-electron chi connectivity index (χ4n) is 2.16. The van der Waals surface area contributed by atoms with Gasteiger partial charge in [-0.3, -0.25) is 20.4 Å². The number of nitrogens with two attached hydrogens (primary N) is 1. The first-order chi connectivity index (χ1) is 12.5. The molecule has 2 amide bonds. The van der Waals surface area contributed by atoms with Crippen LogP contribution >= 0.6 is 23.2 Å². The Balaban J connectivity index is 1.67. The number of nitrogens with one attached hydrogen (secondary N) is 2. The van der Waals surface area contributed by atoms with Crippen LogP contribution in [-0.4, -0.2) is 25.0 Å². The average Bonchev–Trinajstić information content (AvgIpc) is 2.64. The zero-order valence-electron chi connectivity index (χ0n) is 14.2. The van der Waals surface area contributed by atoms with E-state index in [-0.39, 0.29) is 25.1 Å². The first kappa shape index (κ1) is 20.0. The second-order valence-corrected chi connectivity index (χ2v) is 6.43. The number of hydrogen-bond acceptors (Lipinski definition) is 3. The Hall–Kier alpha value is -2.28. The molecule has 0 bridgehead atoms. The van der Waals surface area contributed by atoms with Gasteiger partial charge in [0.1, 0.15) is 11.8 Å². The predicted molar refractivity (Wildman–Crippen MR) is 99.9 cm³/mol. The van der Waals surface area contributed by atoms with Gasteiger partial charge in [0, 0.05) is 15.6 Å². The number of amides is 2. The van der Waals surface area contributed by atoms with Gasteiger partial charge in [-0.1, -0.05) is 41.4 Å². The number of hydrazine groups is 1. The fraction of sp³-hybridized carbons (Fsp3) is 0.222. The molecule has 26 heavy (non-hydrogen) atoms. The van der Waals surface area contributed by atoms with Crippen LogP contribution in [0, 0.1) is 0 Å². The van der Waals surface area contributed by atoms with Gasteiger partial charge in [-0.25, -0.2) is 0 Å². The lowest BCUT2D eigenvalue weighted by molar-refractivity contribution is -0.682. The summed E-state index contributed by atoms with van der Waals surface area (Å²) in [5.74, 6) is -0.283. The third kappa shape index (κ3) is 6.55. The molecule has 2 rings (SSSR count). The van der Waals surface area contributed by atoms with E-state index in [0.29, 0.717) is 15.8 Å². The van der Waals surface area contributed by atoms with Crippen LogP contribution in [0.5, 0.6) is 5.75 Å². The molecule has 0 aliphatic rings. The fourth-order valence-corrected chi connectivity index (χ4v) is 2.60. The Morgan fingerprint density at radius 1 is 1.04 bits per heavy atom. The lowest BCUT2D eigenvalue weighted by Gasteiger charge is -2.13. The highest BCUT2D eigenvalue weighted by molar-refractivity contribution is 6.31. The summed E-state index contributed by atoms with van der Waals surface area (Å²) in [6.45, 7) is 1.87. The van der Waals surface area contributed by atoms with Gasteiger partial charge in [-0.15, -0.1) is 0 Å². The molecule has 6 nitrogen and oxygen atoms in total. The number of rotatable bonds is 7. The van der Waals surface area contributed by atoms with Gasteiger partial charge < -0.3 is 10.1 Å². The minimum absolute atomic E-state index is 0.0124. The summed E-state index contributed by atoms with van der Waals surface area (Å²) in [6, 6.07) is 14.1. The van der Waals surface area contributed by atoms with Crippen molar-refractivity contribution in [2.24, 2.45) is 0 Å². The minimum atomic E-state index is -0.465. The Bertz CT molecular complexity index is 754. The lowest BCUT2D eigenvalue weighted by atomic mass is 10.1. The summed E-state index contributed by atoms with van der Waals surface area (Å²) in [7, 11) is 0. The van der Waals surface area contributed by atoms with Crippen molar-refractivity contribution in [1.29, 1.82) is 0 Å². The number of benzene rings is 2. The van der Waals surface area contributed by atoms with Crippen LogP contribution in [0.2, 0.25) is 10.0 Å². The third-order valence-electron chi connectivity index (χ3n) is 3.58. The van der Waals surface area contributed by atoms with E-state index in [4.69, 9.17) is 27.9 Å². The molecule has 2 aromatic carbocycles. The number of carbonyl (C=O) groups excluding carboxylic acids is 2. The molecular formula is C18H20Cl2N3O3+. The Kier molecular flexibility index (Phi) is 7.72. The summed E-state index contributed by atoms with van der Waals surface area (Å²) in [5.41, 5.74) is 5.60. The highest BCUT2D eigenvalue weighted by Gasteiger charge is 2.14. The molecule has 0 saturated heterocycles. The molecule has 0 radical (unpaired) electrons. The van der Waals surface area contributed by atoms with Crippen LogP contribution < -0.4 is 20.9 Å². The first-order valence-electron chi connectivity index (χ1n) is 7.99. The molecule has 8 heteroatoms. The average molecular weight is 397 g/mol. The smallest absolute Gasteiger partial charge is 0.293 e. The Labute approximate surface area is 161 Å². The van der Waals surface area contributed by atoms with Crippen LogP contribution in [0.1, 0.15) is 18.5 Å². The third-order valence-corrected chi connectivity index (χ3v) is 4.17. The number of carbonyl (C=O) groups is 2. The van der Waals surface area contributed by atoms with Crippen molar-refractivity contribution in [3.63, 3.8) is 0 Å². The van der Waals surface area contributed by atoms with Crippen molar-refractivity contribution in [2.75, 3.05) is 13.2 Å². The quantitative estimate of drug-likeness (QED) is 0.624. The second-order valence-electron chi connectivity index (χ2n) is 5.59. The zero-order chi connectivity index (χ0) is 18.9. The molecule has 0 fully saturated rings. The summed E-state index contributed by atoms with van der Waals surface area (Å²) in [5, 5.41) is 3.06. The van der Waals surface area contributed by atoms with E-state index in [9.17, 15) is 9.59 Å². The van der Waals surface area contributed by atoms with Gasteiger partial charge in [0.25, 0.3) is 11.8 Å². The molecule has 2 aromatic rings. The van der Waals surface area contributed by atoms with Crippen LogP contribution in [0.3, 0.4) is 0 Å². The highest BCUT2D eigenvalue weighted by atomic mass is 35.5. The van der Waals surface area contributed by atoms with E-state index >= 15 is 0 Å². The van der Waals surface area contributed by atoms with E-state index in [0.717, 1.165) is 5.56 Å². The minimum Gasteiger partial charge on any atom is -0.484 e. The standard InChI is InChI=1S/C18H19Cl2N3O3/c1-12(15-4-2-3-5-16(15)20)21-10-17(24)22-23-18(25)11-26-14-8-6-13(19)7-9-14/h2-9,12,21H,10-11H2,1H3,(H,22,24)(H,23,25)/p+1/t12-/m1/s1. The normalized spacial score (nSPS) is 11.5. The molecule has 4 N–H and O–H groups in total. The van der Waals surface area contributed by atoms with Crippen molar-refractivity contribution in [2.45, 2.75) is 13.0 Å². The monoisotopic (exact) mass is 396 g/mol. The van der Waals surface area contributed by atoms with Gasteiger partial charge in [-0.05, 0) is 37.3 Å². The maximum Gasteiger partial charge on any atom is 0.293 e. The molecule has 0 spiro atoms. The molecular weight excluding hydrogens is 377 g/mol. The number of hydrogen-bond donors (Lipinski definition) is 3. The topological polar surface area (TPSA) is 84.0 Å². The van der Waals surface area contributed by atoms with Crippen molar-refractivity contribution in [1.82, 2.24) is 10.9 Å². The van der Waals surface area contributed by atoms with Crippen molar-refractivity contribution in [3.05, 3.63) is 64.1 Å². The van der Waals surface area contributed by atoms with Crippen LogP contribution in [0.15, 0.2) is 48.5 Å². The molecule has 0 heterocycles. The van der Waals surface area contributed by atoms with Gasteiger partial charge >= 0.3 is 0 Å².